The zero-order valence-electron chi connectivity index (χ0n) is 8.24. The van der Waals surface area contributed by atoms with Crippen molar-refractivity contribution in [1.29, 1.82) is 0 Å². The monoisotopic (exact) mass is 230 g/mol. The number of nitrogen functional groups attached to an aromatic ring is 1. The third-order valence-corrected chi connectivity index (χ3v) is 2.01. The van der Waals surface area contributed by atoms with Crippen molar-refractivity contribution in [3.05, 3.63) is 33.4 Å². The van der Waals surface area contributed by atoms with Crippen LogP contribution in [0.15, 0.2) is 12.1 Å². The molecule has 0 aliphatic heterocycles. The molecule has 16 heavy (non-hydrogen) atoms. The molecule has 0 heterocycles. The Labute approximate surface area is 89.0 Å². The Morgan fingerprint density at radius 3 is 2.44 bits per heavy atom. The molecule has 86 valence electrons. The highest BCUT2D eigenvalue weighted by atomic mass is 19.3. The zero-order chi connectivity index (χ0) is 12.5. The Morgan fingerprint density at radius 2 is 2.06 bits per heavy atom. The van der Waals surface area contributed by atoms with Gasteiger partial charge in [0.25, 0.3) is 12.1 Å². The first-order chi connectivity index (χ1) is 7.34. The van der Waals surface area contributed by atoms with Gasteiger partial charge in [0.15, 0.2) is 5.78 Å². The van der Waals surface area contributed by atoms with Crippen molar-refractivity contribution in [2.24, 2.45) is 0 Å². The van der Waals surface area contributed by atoms with Crippen LogP contribution in [0.3, 0.4) is 0 Å². The zero-order valence-corrected chi connectivity index (χ0v) is 8.24. The van der Waals surface area contributed by atoms with Gasteiger partial charge in [0.2, 0.25) is 0 Å². The van der Waals surface area contributed by atoms with Gasteiger partial charge in [-0.3, -0.25) is 14.9 Å². The maximum atomic E-state index is 12.4. The van der Waals surface area contributed by atoms with Crippen molar-refractivity contribution >= 4 is 17.2 Å². The van der Waals surface area contributed by atoms with E-state index in [4.69, 9.17) is 5.73 Å². The summed E-state index contributed by atoms with van der Waals surface area (Å²) in [4.78, 5) is 20.7. The van der Waals surface area contributed by atoms with Crippen molar-refractivity contribution in [1.82, 2.24) is 0 Å². The van der Waals surface area contributed by atoms with E-state index in [0.717, 1.165) is 13.0 Å². The van der Waals surface area contributed by atoms with Crippen LogP contribution in [0.2, 0.25) is 0 Å². The van der Waals surface area contributed by atoms with Crippen molar-refractivity contribution in [2.75, 3.05) is 5.73 Å². The van der Waals surface area contributed by atoms with Gasteiger partial charge in [0, 0.05) is 17.3 Å². The molecule has 7 heteroatoms. The van der Waals surface area contributed by atoms with Crippen molar-refractivity contribution in [2.45, 2.75) is 13.3 Å². The van der Waals surface area contributed by atoms with Crippen molar-refractivity contribution in [3.63, 3.8) is 0 Å². The van der Waals surface area contributed by atoms with Crippen LogP contribution in [-0.2, 0) is 0 Å². The summed E-state index contributed by atoms with van der Waals surface area (Å²) in [6.07, 6.45) is -2.92. The van der Waals surface area contributed by atoms with Gasteiger partial charge >= 0.3 is 0 Å². The van der Waals surface area contributed by atoms with Gasteiger partial charge in [-0.25, -0.2) is 8.78 Å². The van der Waals surface area contributed by atoms with Crippen LogP contribution < -0.4 is 5.73 Å². The lowest BCUT2D eigenvalue weighted by Gasteiger charge is -2.06. The molecule has 0 radical (unpaired) electrons. The van der Waals surface area contributed by atoms with E-state index in [0.29, 0.717) is 6.07 Å². The SMILES string of the molecule is CC(=O)c1cc(N)c(C(F)F)cc1[N+](=O)[O-]. The summed E-state index contributed by atoms with van der Waals surface area (Å²) in [5.41, 5.74) is 3.38. The number of hydrogen-bond donors (Lipinski definition) is 1. The fraction of sp³-hybridized carbons (Fsp3) is 0.222. The summed E-state index contributed by atoms with van der Waals surface area (Å²) in [6, 6.07) is 1.54. The van der Waals surface area contributed by atoms with Crippen molar-refractivity contribution in [3.8, 4) is 0 Å². The second-order valence-corrected chi connectivity index (χ2v) is 3.11. The number of nitrogens with two attached hydrogens (primary N) is 1. The smallest absolute Gasteiger partial charge is 0.280 e. The molecule has 1 aromatic rings. The number of hydrogen-bond acceptors (Lipinski definition) is 4. The maximum absolute atomic E-state index is 12.4. The molecule has 0 saturated carbocycles. The maximum Gasteiger partial charge on any atom is 0.280 e. The third-order valence-electron chi connectivity index (χ3n) is 2.01. The number of nitro groups is 1. The minimum Gasteiger partial charge on any atom is -0.398 e. The molecule has 1 rings (SSSR count). The number of benzene rings is 1. The normalized spacial score (nSPS) is 10.5. The molecule has 1 aromatic carbocycles. The van der Waals surface area contributed by atoms with Crippen LogP contribution in [0.5, 0.6) is 0 Å². The molecule has 0 saturated heterocycles. The lowest BCUT2D eigenvalue weighted by atomic mass is 10.0. The van der Waals surface area contributed by atoms with E-state index in [1.165, 1.54) is 0 Å². The molecule has 0 amide bonds. The van der Waals surface area contributed by atoms with Gasteiger partial charge < -0.3 is 5.73 Å². The number of nitro benzene ring substituents is 1. The number of rotatable bonds is 3. The molecule has 0 spiro atoms. The van der Waals surface area contributed by atoms with Crippen LogP contribution in [-0.4, -0.2) is 10.7 Å². The average molecular weight is 230 g/mol. The summed E-state index contributed by atoms with van der Waals surface area (Å²) >= 11 is 0. The van der Waals surface area contributed by atoms with E-state index in [1.54, 1.807) is 0 Å². The Hall–Kier alpha value is -2.05. The predicted octanol–water partition coefficient (Wildman–Crippen LogP) is 2.32. The standard InChI is InChI=1S/C9H8F2N2O3/c1-4(14)5-2-7(12)6(9(10)11)3-8(5)13(15)16/h2-3,9H,12H2,1H3. The quantitative estimate of drug-likeness (QED) is 0.373. The van der Waals surface area contributed by atoms with Crippen LogP contribution in [0.1, 0.15) is 29.3 Å². The first-order valence-corrected chi connectivity index (χ1v) is 4.21. The molecule has 0 aliphatic rings. The molecular weight excluding hydrogens is 222 g/mol. The lowest BCUT2D eigenvalue weighted by Crippen LogP contribution is -2.05. The van der Waals surface area contributed by atoms with Gasteiger partial charge in [-0.05, 0) is 13.0 Å². The molecule has 0 fully saturated rings. The van der Waals surface area contributed by atoms with E-state index in [-0.39, 0.29) is 11.3 Å². The molecule has 0 atom stereocenters. The van der Waals surface area contributed by atoms with Crippen molar-refractivity contribution < 1.29 is 18.5 Å². The summed E-state index contributed by atoms with van der Waals surface area (Å²) in [5, 5.41) is 10.6. The minimum atomic E-state index is -2.92. The molecule has 0 unspecified atom stereocenters. The van der Waals surface area contributed by atoms with Gasteiger partial charge in [0.05, 0.1) is 10.5 Å². The Balaban J connectivity index is 3.49. The Morgan fingerprint density at radius 1 is 1.50 bits per heavy atom. The number of alkyl halides is 2. The first kappa shape index (κ1) is 12.0. The van der Waals surface area contributed by atoms with Gasteiger partial charge in [-0.2, -0.15) is 0 Å². The van der Waals surface area contributed by atoms with E-state index >= 15 is 0 Å². The molecule has 5 nitrogen and oxygen atoms in total. The molecule has 0 aromatic heterocycles. The number of anilines is 1. The highest BCUT2D eigenvalue weighted by molar-refractivity contribution is 5.99. The lowest BCUT2D eigenvalue weighted by molar-refractivity contribution is -0.385. The minimum absolute atomic E-state index is 0.271. The largest absolute Gasteiger partial charge is 0.398 e. The first-order valence-electron chi connectivity index (χ1n) is 4.21. The Bertz CT molecular complexity index is 460. The second kappa shape index (κ2) is 4.21. The van der Waals surface area contributed by atoms with E-state index in [2.05, 4.69) is 0 Å². The molecule has 2 N–H and O–H groups in total. The molecular formula is C9H8F2N2O3. The van der Waals surface area contributed by atoms with Crippen LogP contribution in [0.4, 0.5) is 20.2 Å². The number of carbonyl (C=O) groups is 1. The van der Waals surface area contributed by atoms with Crippen LogP contribution in [0, 0.1) is 10.1 Å². The number of Topliss-reactive ketones (excluding diaryl/α,β-unsaturated/α-hetero) is 1. The summed E-state index contributed by atoms with van der Waals surface area (Å²) in [5.74, 6) is -0.598. The topological polar surface area (TPSA) is 86.2 Å². The number of nitrogens with zero attached hydrogens (tertiary/aromatic N) is 1. The third kappa shape index (κ3) is 2.13. The average Bonchev–Trinajstić information content (AvgIpc) is 2.15. The van der Waals surface area contributed by atoms with E-state index in [1.807, 2.05) is 0 Å². The summed E-state index contributed by atoms with van der Waals surface area (Å²) in [7, 11) is 0. The molecule has 0 bridgehead atoms. The van der Waals surface area contributed by atoms with Crippen LogP contribution in [0.25, 0.3) is 0 Å². The Kier molecular flexibility index (Phi) is 3.17. The van der Waals surface area contributed by atoms with Gasteiger partial charge in [0.1, 0.15) is 0 Å². The van der Waals surface area contributed by atoms with Gasteiger partial charge in [-0.1, -0.05) is 0 Å². The predicted molar refractivity (Wildman–Crippen MR) is 52.5 cm³/mol. The second-order valence-electron chi connectivity index (χ2n) is 3.11. The van der Waals surface area contributed by atoms with E-state index in [9.17, 15) is 23.7 Å². The summed E-state index contributed by atoms with van der Waals surface area (Å²) < 4.78 is 24.8. The highest BCUT2D eigenvalue weighted by Gasteiger charge is 2.23. The van der Waals surface area contributed by atoms with Crippen LogP contribution >= 0.6 is 0 Å². The number of ketones is 1. The summed E-state index contributed by atoms with van der Waals surface area (Å²) in [6.45, 7) is 1.10. The number of halogens is 2. The number of carbonyl (C=O) groups excluding carboxylic acids is 1. The molecule has 0 aliphatic carbocycles. The fourth-order valence-electron chi connectivity index (χ4n) is 1.24. The highest BCUT2D eigenvalue weighted by Crippen LogP contribution is 2.31. The van der Waals surface area contributed by atoms with E-state index < -0.39 is 28.4 Å². The van der Waals surface area contributed by atoms with Gasteiger partial charge in [-0.15, -0.1) is 0 Å². The fourth-order valence-corrected chi connectivity index (χ4v) is 1.24.